The van der Waals surface area contributed by atoms with Crippen LogP contribution in [0.25, 0.3) is 5.69 Å². The number of aromatic nitrogens is 2. The second-order valence-corrected chi connectivity index (χ2v) is 7.06. The van der Waals surface area contributed by atoms with Gasteiger partial charge >= 0.3 is 11.8 Å². The molecule has 2 aromatic carbocycles. The van der Waals surface area contributed by atoms with Gasteiger partial charge in [-0.05, 0) is 42.5 Å². The van der Waals surface area contributed by atoms with Crippen LogP contribution in [0.3, 0.4) is 0 Å². The van der Waals surface area contributed by atoms with E-state index in [4.69, 9.17) is 16.0 Å². The number of carbonyl (C=O) groups excluding carboxylic acids is 2. The Kier molecular flexibility index (Phi) is 5.73. The molecule has 9 nitrogen and oxygen atoms in total. The fourth-order valence-corrected chi connectivity index (χ4v) is 3.02. The van der Waals surface area contributed by atoms with Crippen LogP contribution in [0.1, 0.15) is 20.9 Å². The van der Waals surface area contributed by atoms with Crippen LogP contribution in [-0.4, -0.2) is 16.7 Å². The second kappa shape index (κ2) is 8.78. The maximum atomic E-state index is 12.5. The molecular weight excluding hydrogens is 436 g/mol. The van der Waals surface area contributed by atoms with E-state index >= 15 is 0 Å². The first-order valence-electron chi connectivity index (χ1n) is 9.29. The topological polar surface area (TPSA) is 110 Å². The van der Waals surface area contributed by atoms with E-state index in [0.29, 0.717) is 16.3 Å². The van der Waals surface area contributed by atoms with E-state index in [0.717, 1.165) is 11.8 Å². The Balaban J connectivity index is 1.44. The lowest BCUT2D eigenvalue weighted by Gasteiger charge is -2.03. The van der Waals surface area contributed by atoms with E-state index in [9.17, 15) is 19.7 Å². The predicted octanol–water partition coefficient (Wildman–Crippen LogP) is 3.35. The Morgan fingerprint density at radius 2 is 1.56 bits per heavy atom. The minimum atomic E-state index is -0.713. The van der Waals surface area contributed by atoms with Crippen molar-refractivity contribution in [3.63, 3.8) is 0 Å². The molecule has 0 saturated carbocycles. The highest BCUT2D eigenvalue weighted by Gasteiger charge is 2.20. The highest BCUT2D eigenvalue weighted by atomic mass is 35.5. The summed E-state index contributed by atoms with van der Waals surface area (Å²) in [5, 5.41) is 13.8. The summed E-state index contributed by atoms with van der Waals surface area (Å²) in [6.45, 7) is 0. The molecule has 0 saturated heterocycles. The maximum Gasteiger partial charge on any atom is 0.433 e. The van der Waals surface area contributed by atoms with Crippen molar-refractivity contribution in [2.45, 2.75) is 0 Å². The van der Waals surface area contributed by atoms with Gasteiger partial charge in [-0.2, -0.15) is 4.57 Å². The lowest BCUT2D eigenvalue weighted by Crippen LogP contribution is -2.46. The molecule has 158 valence electrons. The molecule has 0 radical (unpaired) electrons. The molecular formula is C22H15ClN4O5+2. The second-order valence-electron chi connectivity index (χ2n) is 6.62. The van der Waals surface area contributed by atoms with Gasteiger partial charge in [0.15, 0.2) is 5.76 Å². The fraction of sp³-hybridized carbons (Fsp3) is 0. The molecule has 0 fully saturated rings. The monoisotopic (exact) mass is 450 g/mol. The SMILES string of the molecule is O=C(Nc1ccc(-[n+]2cc[n+](C(=O)c3ccc(Cl)cc3)cc2)cc1)c1ccc([N+](=O)[O-])o1. The van der Waals surface area contributed by atoms with Gasteiger partial charge in [-0.1, -0.05) is 11.6 Å². The van der Waals surface area contributed by atoms with Crippen molar-refractivity contribution in [2.75, 3.05) is 5.32 Å². The molecule has 0 unspecified atom stereocenters. The number of carbonyl (C=O) groups is 2. The Morgan fingerprint density at radius 3 is 2.16 bits per heavy atom. The number of halogens is 1. The molecule has 2 aromatic heterocycles. The van der Waals surface area contributed by atoms with Crippen molar-refractivity contribution in [1.82, 2.24) is 0 Å². The Labute approximate surface area is 186 Å². The number of nitrogens with one attached hydrogen (secondary N) is 1. The third-order valence-corrected chi connectivity index (χ3v) is 4.77. The predicted molar refractivity (Wildman–Crippen MR) is 113 cm³/mol. The van der Waals surface area contributed by atoms with Crippen LogP contribution in [0.15, 0.2) is 89.9 Å². The fourth-order valence-electron chi connectivity index (χ4n) is 2.89. The third-order valence-electron chi connectivity index (χ3n) is 4.52. The van der Waals surface area contributed by atoms with Crippen LogP contribution >= 0.6 is 11.6 Å². The lowest BCUT2D eigenvalue weighted by atomic mass is 10.2. The summed E-state index contributed by atoms with van der Waals surface area (Å²) in [6.07, 6.45) is 6.72. The zero-order chi connectivity index (χ0) is 22.7. The standard InChI is InChI=1S/C22H14ClN4O5/c23-16-3-1-15(2-4-16)22(29)26-13-11-25(12-14-26)18-7-5-17(6-8-18)24-21(28)19-9-10-20(32-19)27(30)31/h1-14H/q+1/p+1. The van der Waals surface area contributed by atoms with Gasteiger partial charge in [0.1, 0.15) is 4.92 Å². The van der Waals surface area contributed by atoms with Crippen molar-refractivity contribution in [2.24, 2.45) is 0 Å². The minimum Gasteiger partial charge on any atom is -0.395 e. The van der Waals surface area contributed by atoms with E-state index < -0.39 is 16.7 Å². The van der Waals surface area contributed by atoms with E-state index in [1.807, 2.05) is 0 Å². The van der Waals surface area contributed by atoms with Crippen LogP contribution in [0, 0.1) is 10.1 Å². The van der Waals surface area contributed by atoms with Crippen molar-refractivity contribution in [3.8, 4) is 5.69 Å². The first kappa shape index (κ1) is 20.9. The molecule has 1 N–H and O–H groups in total. The first-order valence-corrected chi connectivity index (χ1v) is 9.67. The van der Waals surface area contributed by atoms with Crippen molar-refractivity contribution < 1.29 is 28.1 Å². The average molecular weight is 451 g/mol. The Morgan fingerprint density at radius 1 is 0.906 bits per heavy atom. The number of anilines is 1. The molecule has 0 aliphatic carbocycles. The van der Waals surface area contributed by atoms with Crippen molar-refractivity contribution >= 4 is 35.0 Å². The van der Waals surface area contributed by atoms with Crippen LogP contribution in [-0.2, 0) is 0 Å². The minimum absolute atomic E-state index is 0.159. The van der Waals surface area contributed by atoms with E-state index in [-0.39, 0.29) is 11.7 Å². The van der Waals surface area contributed by atoms with Crippen molar-refractivity contribution in [1.29, 1.82) is 0 Å². The molecule has 0 bridgehead atoms. The summed E-state index contributed by atoms with van der Waals surface area (Å²) in [5.74, 6) is -1.45. The number of hydrogen-bond donors (Lipinski definition) is 1. The van der Waals surface area contributed by atoms with E-state index in [1.165, 1.54) is 10.6 Å². The molecule has 2 heterocycles. The molecule has 32 heavy (non-hydrogen) atoms. The van der Waals surface area contributed by atoms with Gasteiger partial charge in [-0.25, -0.2) is 4.79 Å². The van der Waals surface area contributed by atoms with Crippen LogP contribution in [0.4, 0.5) is 11.6 Å². The van der Waals surface area contributed by atoms with Gasteiger partial charge in [-0.15, -0.1) is 4.57 Å². The Bertz CT molecular complexity index is 1300. The number of nitro groups is 1. The normalized spacial score (nSPS) is 10.5. The summed E-state index contributed by atoms with van der Waals surface area (Å²) >= 11 is 5.86. The molecule has 1 amide bonds. The lowest BCUT2D eigenvalue weighted by molar-refractivity contribution is -0.644. The summed E-state index contributed by atoms with van der Waals surface area (Å²) in [5.41, 5.74) is 1.80. The quantitative estimate of drug-likeness (QED) is 0.285. The summed E-state index contributed by atoms with van der Waals surface area (Å²) in [4.78, 5) is 34.7. The molecule has 0 aliphatic rings. The van der Waals surface area contributed by atoms with Gasteiger partial charge in [0.2, 0.25) is 30.5 Å². The highest BCUT2D eigenvalue weighted by molar-refractivity contribution is 6.30. The van der Waals surface area contributed by atoms with Crippen molar-refractivity contribution in [3.05, 3.63) is 112 Å². The van der Waals surface area contributed by atoms with Gasteiger partial charge in [0, 0.05) is 22.8 Å². The van der Waals surface area contributed by atoms with Gasteiger partial charge in [-0.3, -0.25) is 14.9 Å². The van der Waals surface area contributed by atoms with Crippen LogP contribution in [0.5, 0.6) is 0 Å². The number of benzene rings is 2. The van der Waals surface area contributed by atoms with Crippen LogP contribution < -0.4 is 14.5 Å². The number of hydrogen-bond acceptors (Lipinski definition) is 5. The van der Waals surface area contributed by atoms with Gasteiger partial charge in [0.05, 0.1) is 11.6 Å². The summed E-state index contributed by atoms with van der Waals surface area (Å²) in [7, 11) is 0. The third kappa shape index (κ3) is 4.52. The molecule has 0 spiro atoms. The van der Waals surface area contributed by atoms with Crippen LogP contribution in [0.2, 0.25) is 5.02 Å². The first-order chi connectivity index (χ1) is 15.4. The average Bonchev–Trinajstić information content (AvgIpc) is 3.31. The number of nitrogens with zero attached hydrogens (tertiary/aromatic N) is 3. The molecule has 0 atom stereocenters. The van der Waals surface area contributed by atoms with Gasteiger partial charge in [0.25, 0.3) is 5.91 Å². The zero-order valence-electron chi connectivity index (χ0n) is 16.3. The van der Waals surface area contributed by atoms with E-state index in [2.05, 4.69) is 5.32 Å². The summed E-state index contributed by atoms with van der Waals surface area (Å²) in [6, 6.07) is 15.9. The summed E-state index contributed by atoms with van der Waals surface area (Å²) < 4.78 is 8.14. The highest BCUT2D eigenvalue weighted by Crippen LogP contribution is 2.17. The molecule has 0 aliphatic heterocycles. The number of furan rings is 1. The molecule has 4 rings (SSSR count). The zero-order valence-corrected chi connectivity index (χ0v) is 17.1. The largest absolute Gasteiger partial charge is 0.433 e. The maximum absolute atomic E-state index is 12.5. The molecule has 10 heteroatoms. The molecule has 4 aromatic rings. The number of rotatable bonds is 5. The number of amides is 1. The van der Waals surface area contributed by atoms with E-state index in [1.54, 1.807) is 77.9 Å². The van der Waals surface area contributed by atoms with Gasteiger partial charge < -0.3 is 9.73 Å². The Hall–Kier alpha value is -4.37. The smallest absolute Gasteiger partial charge is 0.395 e.